The lowest BCUT2D eigenvalue weighted by Crippen LogP contribution is -2.02. The molecule has 0 radical (unpaired) electrons. The summed E-state index contributed by atoms with van der Waals surface area (Å²) in [5.41, 5.74) is 8.16. The third-order valence-corrected chi connectivity index (χ3v) is 3.12. The molecule has 0 aliphatic rings. The number of fused-ring (bicyclic) bond motifs is 1. The number of benzene rings is 1. The van der Waals surface area contributed by atoms with Gasteiger partial charge in [-0.1, -0.05) is 22.0 Å². The van der Waals surface area contributed by atoms with Crippen molar-refractivity contribution in [1.29, 1.82) is 0 Å². The number of nitrogens with two attached hydrogens (primary N) is 1. The van der Waals surface area contributed by atoms with Crippen LogP contribution in [0.15, 0.2) is 28.9 Å². The van der Waals surface area contributed by atoms with Crippen LogP contribution in [-0.2, 0) is 13.5 Å². The molecule has 2 rings (SSSR count). The van der Waals surface area contributed by atoms with E-state index >= 15 is 0 Å². The van der Waals surface area contributed by atoms with Crippen molar-refractivity contribution in [2.45, 2.75) is 6.42 Å². The van der Waals surface area contributed by atoms with Crippen molar-refractivity contribution < 1.29 is 0 Å². The van der Waals surface area contributed by atoms with Gasteiger partial charge in [0.2, 0.25) is 0 Å². The molecular weight excluding hydrogens is 240 g/mol. The number of hydrogen-bond acceptors (Lipinski definition) is 1. The molecule has 2 nitrogen and oxygen atoms in total. The van der Waals surface area contributed by atoms with E-state index in [9.17, 15) is 0 Å². The molecular formula is C11H13BrN2. The second-order valence-electron chi connectivity index (χ2n) is 3.44. The van der Waals surface area contributed by atoms with E-state index in [0.29, 0.717) is 6.54 Å². The average molecular weight is 253 g/mol. The van der Waals surface area contributed by atoms with Gasteiger partial charge in [-0.25, -0.2) is 0 Å². The van der Waals surface area contributed by atoms with Gasteiger partial charge in [0.25, 0.3) is 0 Å². The van der Waals surface area contributed by atoms with Crippen LogP contribution < -0.4 is 5.73 Å². The van der Waals surface area contributed by atoms with Crippen molar-refractivity contribution in [1.82, 2.24) is 4.57 Å². The molecule has 3 heteroatoms. The van der Waals surface area contributed by atoms with Crippen molar-refractivity contribution in [3.05, 3.63) is 34.4 Å². The van der Waals surface area contributed by atoms with Gasteiger partial charge in [-0.2, -0.15) is 0 Å². The molecule has 0 aliphatic carbocycles. The van der Waals surface area contributed by atoms with Crippen LogP contribution in [0.3, 0.4) is 0 Å². The van der Waals surface area contributed by atoms with E-state index < -0.39 is 0 Å². The van der Waals surface area contributed by atoms with E-state index in [0.717, 1.165) is 10.9 Å². The van der Waals surface area contributed by atoms with E-state index in [1.54, 1.807) is 0 Å². The fourth-order valence-corrected chi connectivity index (χ4v) is 2.45. The lowest BCUT2D eigenvalue weighted by Gasteiger charge is -1.98. The maximum Gasteiger partial charge on any atom is 0.0491 e. The summed E-state index contributed by atoms with van der Waals surface area (Å²) < 4.78 is 3.30. The minimum absolute atomic E-state index is 0.695. The van der Waals surface area contributed by atoms with Crippen LogP contribution in [0, 0.1) is 0 Å². The summed E-state index contributed by atoms with van der Waals surface area (Å²) in [4.78, 5) is 0. The Morgan fingerprint density at radius 1 is 1.43 bits per heavy atom. The molecule has 0 saturated carbocycles. The largest absolute Gasteiger partial charge is 0.350 e. The summed E-state index contributed by atoms with van der Waals surface area (Å²) in [5.74, 6) is 0. The van der Waals surface area contributed by atoms with Gasteiger partial charge in [-0.3, -0.25) is 0 Å². The second-order valence-corrected chi connectivity index (χ2v) is 4.29. The quantitative estimate of drug-likeness (QED) is 0.875. The normalized spacial score (nSPS) is 11.1. The Labute approximate surface area is 91.8 Å². The highest BCUT2D eigenvalue weighted by atomic mass is 79.9. The van der Waals surface area contributed by atoms with Gasteiger partial charge >= 0.3 is 0 Å². The van der Waals surface area contributed by atoms with Crippen molar-refractivity contribution >= 4 is 26.8 Å². The summed E-state index contributed by atoms with van der Waals surface area (Å²) in [6, 6.07) is 6.25. The Kier molecular flexibility index (Phi) is 2.61. The average Bonchev–Trinajstić information content (AvgIpc) is 2.46. The number of halogens is 1. The van der Waals surface area contributed by atoms with E-state index in [-0.39, 0.29) is 0 Å². The molecule has 0 amide bonds. The monoisotopic (exact) mass is 252 g/mol. The first-order valence-corrected chi connectivity index (χ1v) is 5.46. The zero-order valence-corrected chi connectivity index (χ0v) is 9.71. The van der Waals surface area contributed by atoms with Crippen molar-refractivity contribution in [3.8, 4) is 0 Å². The lowest BCUT2D eigenvalue weighted by atomic mass is 10.1. The van der Waals surface area contributed by atoms with Gasteiger partial charge < -0.3 is 10.3 Å². The Hall–Kier alpha value is -0.800. The first-order chi connectivity index (χ1) is 6.74. The number of rotatable bonds is 2. The summed E-state index contributed by atoms with van der Waals surface area (Å²) in [7, 11) is 2.06. The van der Waals surface area contributed by atoms with Gasteiger partial charge in [-0.05, 0) is 30.7 Å². The van der Waals surface area contributed by atoms with Gasteiger partial charge in [0.1, 0.15) is 0 Å². The molecule has 14 heavy (non-hydrogen) atoms. The number of hydrogen-bond donors (Lipinski definition) is 1. The van der Waals surface area contributed by atoms with Gasteiger partial charge in [-0.15, -0.1) is 0 Å². The van der Waals surface area contributed by atoms with Gasteiger partial charge in [0, 0.05) is 28.6 Å². The SMILES string of the molecule is Cn1cc(CCN)c2c(Br)cccc21. The molecule has 0 spiro atoms. The highest BCUT2D eigenvalue weighted by Gasteiger charge is 2.07. The molecule has 1 heterocycles. The zero-order valence-electron chi connectivity index (χ0n) is 8.13. The number of aryl methyl sites for hydroxylation is 1. The maximum absolute atomic E-state index is 5.59. The number of nitrogens with zero attached hydrogens (tertiary/aromatic N) is 1. The van der Waals surface area contributed by atoms with Crippen LogP contribution in [0.4, 0.5) is 0 Å². The lowest BCUT2D eigenvalue weighted by molar-refractivity contribution is 0.929. The van der Waals surface area contributed by atoms with Crippen molar-refractivity contribution in [3.63, 3.8) is 0 Å². The maximum atomic E-state index is 5.59. The first kappa shape index (κ1) is 9.74. The fraction of sp³-hybridized carbons (Fsp3) is 0.273. The van der Waals surface area contributed by atoms with Gasteiger partial charge in [0.15, 0.2) is 0 Å². The number of aromatic nitrogens is 1. The molecule has 0 fully saturated rings. The van der Waals surface area contributed by atoms with Crippen LogP contribution in [0.1, 0.15) is 5.56 Å². The molecule has 74 valence electrons. The second kappa shape index (κ2) is 3.75. The highest BCUT2D eigenvalue weighted by molar-refractivity contribution is 9.10. The fourth-order valence-electron chi connectivity index (χ4n) is 1.84. The molecule has 0 aliphatic heterocycles. The molecule has 0 bridgehead atoms. The minimum atomic E-state index is 0.695. The van der Waals surface area contributed by atoms with Crippen LogP contribution in [0.25, 0.3) is 10.9 Å². The summed E-state index contributed by atoms with van der Waals surface area (Å²) in [6.45, 7) is 0.695. The Morgan fingerprint density at radius 3 is 2.93 bits per heavy atom. The Bertz CT molecular complexity index is 460. The minimum Gasteiger partial charge on any atom is -0.350 e. The molecule has 2 aromatic rings. The third kappa shape index (κ3) is 1.47. The molecule has 0 unspecified atom stereocenters. The zero-order chi connectivity index (χ0) is 10.1. The molecule has 1 aromatic heterocycles. The smallest absolute Gasteiger partial charge is 0.0491 e. The van der Waals surface area contributed by atoms with E-state index in [4.69, 9.17) is 5.73 Å². The molecule has 1 aromatic carbocycles. The van der Waals surface area contributed by atoms with Crippen molar-refractivity contribution in [2.24, 2.45) is 12.8 Å². The molecule has 0 saturated heterocycles. The molecule has 2 N–H and O–H groups in total. The predicted octanol–water partition coefficient (Wildman–Crippen LogP) is 2.44. The predicted molar refractivity (Wildman–Crippen MR) is 63.4 cm³/mol. The Morgan fingerprint density at radius 2 is 2.21 bits per heavy atom. The summed E-state index contributed by atoms with van der Waals surface area (Å²) in [5, 5.41) is 1.29. The van der Waals surface area contributed by atoms with E-state index in [1.165, 1.54) is 16.5 Å². The summed E-state index contributed by atoms with van der Waals surface area (Å²) >= 11 is 3.58. The van der Waals surface area contributed by atoms with Crippen LogP contribution >= 0.6 is 15.9 Å². The third-order valence-electron chi connectivity index (χ3n) is 2.46. The topological polar surface area (TPSA) is 30.9 Å². The van der Waals surface area contributed by atoms with Gasteiger partial charge in [0.05, 0.1) is 0 Å². The van der Waals surface area contributed by atoms with Crippen molar-refractivity contribution in [2.75, 3.05) is 6.54 Å². The molecule has 0 atom stereocenters. The standard InChI is InChI=1S/C11H13BrN2/c1-14-7-8(5-6-13)11-9(12)3-2-4-10(11)14/h2-4,7H,5-6,13H2,1H3. The van der Waals surface area contributed by atoms with Crippen LogP contribution in [-0.4, -0.2) is 11.1 Å². The highest BCUT2D eigenvalue weighted by Crippen LogP contribution is 2.28. The van der Waals surface area contributed by atoms with Crippen LogP contribution in [0.5, 0.6) is 0 Å². The first-order valence-electron chi connectivity index (χ1n) is 4.66. The summed E-state index contributed by atoms with van der Waals surface area (Å²) in [6.07, 6.45) is 3.09. The van der Waals surface area contributed by atoms with E-state index in [1.807, 2.05) is 0 Å². The van der Waals surface area contributed by atoms with E-state index in [2.05, 4.69) is 51.9 Å². The Balaban J connectivity index is 2.72. The van der Waals surface area contributed by atoms with Crippen LogP contribution in [0.2, 0.25) is 0 Å².